The number of hydrogen-bond acceptors (Lipinski definition) is 6. The van der Waals surface area contributed by atoms with Crippen LogP contribution in [0.3, 0.4) is 0 Å². The second-order valence-electron chi connectivity index (χ2n) is 0.156. The minimum absolute atomic E-state index is 1.54. The molecule has 0 spiro atoms. The highest BCUT2D eigenvalue weighted by molar-refractivity contribution is 3.86. The summed E-state index contributed by atoms with van der Waals surface area (Å²) in [7, 11) is 0. The van der Waals surface area contributed by atoms with Gasteiger partial charge in [0.25, 0.3) is 0 Å². The summed E-state index contributed by atoms with van der Waals surface area (Å²) >= 11 is 0. The Balaban J connectivity index is 0. The Morgan fingerprint density at radius 3 is 1.67 bits per heavy atom. The summed E-state index contributed by atoms with van der Waals surface area (Å²) in [5.74, 6) is 0. The first kappa shape index (κ1) is 8.99. The smallest absolute Gasteiger partial charge is 0.190 e. The van der Waals surface area contributed by atoms with E-state index in [0.717, 1.165) is 0 Å². The molecule has 0 heterocycles. The van der Waals surface area contributed by atoms with Gasteiger partial charge in [0.15, 0.2) is 5.34 Å². The van der Waals surface area contributed by atoms with Crippen LogP contribution in [0.5, 0.6) is 0 Å². The summed E-state index contributed by atoms with van der Waals surface area (Å²) in [4.78, 5) is 11.1. The third-order valence-corrected chi connectivity index (χ3v) is 0.0333. The Labute approximate surface area is 32.4 Å². The van der Waals surface area contributed by atoms with E-state index in [1.165, 1.54) is 0 Å². The van der Waals surface area contributed by atoms with Gasteiger partial charge in [-0.25, -0.2) is 0 Å². The fraction of sp³-hybridized carbons (Fsp3) is 0. The fourth-order valence-corrected chi connectivity index (χ4v) is 0. The van der Waals surface area contributed by atoms with Crippen molar-refractivity contribution < 1.29 is 20.8 Å². The van der Waals surface area contributed by atoms with Gasteiger partial charge in [-0.05, 0) is 0 Å². The van der Waals surface area contributed by atoms with Crippen LogP contribution < -0.4 is 0 Å². The van der Waals surface area contributed by atoms with Crippen LogP contribution in [-0.2, 0) is 4.99 Å². The Morgan fingerprint density at radius 2 is 1.67 bits per heavy atom. The molecule has 6 nitrogen and oxygen atoms in total. The standard InChI is InChI=1S/HNO3.H2O2/c2-1-4-3;1-2/h3H;1-2H. The van der Waals surface area contributed by atoms with Gasteiger partial charge in [0, 0.05) is 0 Å². The Bertz CT molecular complexity index is 17.9. The van der Waals surface area contributed by atoms with Crippen LogP contribution in [0.2, 0.25) is 0 Å². The minimum Gasteiger partial charge on any atom is -0.255 e. The van der Waals surface area contributed by atoms with Crippen molar-refractivity contribution in [3.63, 3.8) is 0 Å². The first-order valence-corrected chi connectivity index (χ1v) is 0.748. The number of rotatable bonds is 1. The maximum atomic E-state index is 8.45. The molecule has 0 aromatic carbocycles. The van der Waals surface area contributed by atoms with Gasteiger partial charge < -0.3 is 0 Å². The molecule has 0 atom stereocenters. The lowest BCUT2D eigenvalue weighted by Crippen LogP contribution is -1.56. The number of nitrogens with zero attached hydrogens (tertiary/aromatic N) is 1. The molecule has 0 amide bonds. The minimum atomic E-state index is 1.54. The van der Waals surface area contributed by atoms with Crippen LogP contribution in [0.1, 0.15) is 0 Å². The highest BCUT2D eigenvalue weighted by Crippen LogP contribution is 1.51. The van der Waals surface area contributed by atoms with Crippen molar-refractivity contribution in [2.24, 2.45) is 5.34 Å². The van der Waals surface area contributed by atoms with E-state index in [-0.39, 0.29) is 0 Å². The molecular formula is H3NO5. The summed E-state index contributed by atoms with van der Waals surface area (Å²) < 4.78 is 0. The zero-order chi connectivity index (χ0) is 5.41. The molecule has 38 valence electrons. The molecule has 0 saturated carbocycles. The van der Waals surface area contributed by atoms with Crippen molar-refractivity contribution in [1.29, 1.82) is 0 Å². The van der Waals surface area contributed by atoms with Crippen molar-refractivity contribution in [1.82, 2.24) is 0 Å². The molecule has 0 aromatic rings. The molecule has 0 radical (unpaired) electrons. The molecule has 6 heteroatoms. The third-order valence-electron chi connectivity index (χ3n) is 0.0333. The van der Waals surface area contributed by atoms with Gasteiger partial charge >= 0.3 is 0 Å². The Hall–Kier alpha value is -0.720. The van der Waals surface area contributed by atoms with Crippen LogP contribution in [-0.4, -0.2) is 15.8 Å². The van der Waals surface area contributed by atoms with E-state index in [0.29, 0.717) is 0 Å². The average molecular weight is 97.0 g/mol. The van der Waals surface area contributed by atoms with Crippen molar-refractivity contribution in [2.75, 3.05) is 0 Å². The van der Waals surface area contributed by atoms with E-state index in [1.807, 2.05) is 0 Å². The lowest BCUT2D eigenvalue weighted by molar-refractivity contribution is -0.245. The van der Waals surface area contributed by atoms with Crippen molar-refractivity contribution in [2.45, 2.75) is 0 Å². The van der Waals surface area contributed by atoms with Crippen molar-refractivity contribution in [3.8, 4) is 0 Å². The fourth-order valence-electron chi connectivity index (χ4n) is 0. The normalized spacial score (nSPS) is 4.50. The molecule has 0 aliphatic heterocycles. The maximum Gasteiger partial charge on any atom is 0.190 e. The summed E-state index contributed by atoms with van der Waals surface area (Å²) in [6, 6.07) is 0. The molecule has 0 aliphatic rings. The topological polar surface area (TPSA) is 99.4 Å². The Kier molecular flexibility index (Phi) is 42.1. The predicted octanol–water partition coefficient (Wildman–Crippen LogP) is 0.175. The summed E-state index contributed by atoms with van der Waals surface area (Å²) in [5.41, 5.74) is 0. The van der Waals surface area contributed by atoms with Gasteiger partial charge in [0.05, 0.1) is 0 Å². The van der Waals surface area contributed by atoms with Gasteiger partial charge in [-0.3, -0.25) is 10.5 Å². The SMILES string of the molecule is O=NOO.OO. The molecule has 0 unspecified atom stereocenters. The maximum absolute atomic E-state index is 8.45. The quantitative estimate of drug-likeness (QED) is 0.246. The van der Waals surface area contributed by atoms with Gasteiger partial charge in [0.2, 0.25) is 0 Å². The van der Waals surface area contributed by atoms with Crippen molar-refractivity contribution in [3.05, 3.63) is 4.91 Å². The lowest BCUT2D eigenvalue weighted by Gasteiger charge is -1.59. The summed E-state index contributed by atoms with van der Waals surface area (Å²) in [5, 5.41) is 20.4. The van der Waals surface area contributed by atoms with E-state index in [2.05, 4.69) is 4.99 Å². The van der Waals surface area contributed by atoms with Gasteiger partial charge in [-0.15, -0.1) is 4.91 Å². The van der Waals surface area contributed by atoms with E-state index < -0.39 is 0 Å². The van der Waals surface area contributed by atoms with Gasteiger partial charge in [-0.1, -0.05) is 0 Å². The zero-order valence-electron chi connectivity index (χ0n) is 2.61. The van der Waals surface area contributed by atoms with Crippen LogP contribution in [0.25, 0.3) is 0 Å². The molecular weight excluding hydrogens is 94.0 g/mol. The predicted molar refractivity (Wildman–Crippen MR) is 14.8 cm³/mol. The highest BCUT2D eigenvalue weighted by atomic mass is 17.2. The lowest BCUT2D eigenvalue weighted by atomic mass is 13.4. The van der Waals surface area contributed by atoms with Crippen LogP contribution in [0.15, 0.2) is 5.34 Å². The van der Waals surface area contributed by atoms with Gasteiger partial charge in [0.1, 0.15) is 0 Å². The number of hydrogen-bond donors (Lipinski definition) is 3. The van der Waals surface area contributed by atoms with Crippen molar-refractivity contribution >= 4 is 0 Å². The zero-order valence-corrected chi connectivity index (χ0v) is 2.61. The molecule has 0 aromatic heterocycles. The first-order chi connectivity index (χ1) is 2.91. The molecule has 0 bridgehead atoms. The Morgan fingerprint density at radius 1 is 1.50 bits per heavy atom. The summed E-state index contributed by atoms with van der Waals surface area (Å²) in [6.07, 6.45) is 0. The molecule has 0 rings (SSSR count). The van der Waals surface area contributed by atoms with E-state index in [9.17, 15) is 0 Å². The van der Waals surface area contributed by atoms with E-state index in [1.54, 1.807) is 5.34 Å². The second kappa shape index (κ2) is 28.1. The molecule has 3 N–H and O–H groups in total. The average Bonchev–Trinajstić information content (AvgIpc) is 1.72. The molecule has 6 heavy (non-hydrogen) atoms. The van der Waals surface area contributed by atoms with E-state index in [4.69, 9.17) is 20.7 Å². The van der Waals surface area contributed by atoms with Gasteiger partial charge in [-0.2, -0.15) is 10.2 Å². The molecule has 0 saturated heterocycles. The monoisotopic (exact) mass is 97.0 g/mol. The summed E-state index contributed by atoms with van der Waals surface area (Å²) in [6.45, 7) is 0. The molecule has 0 fully saturated rings. The van der Waals surface area contributed by atoms with E-state index >= 15 is 0 Å². The first-order valence-electron chi connectivity index (χ1n) is 0.748. The largest absolute Gasteiger partial charge is 0.255 e. The second-order valence-corrected chi connectivity index (χ2v) is 0.156. The highest BCUT2D eigenvalue weighted by Gasteiger charge is 1.47. The van der Waals surface area contributed by atoms with Crippen LogP contribution in [0, 0.1) is 4.91 Å². The third kappa shape index (κ3) is 217. The van der Waals surface area contributed by atoms with Crippen LogP contribution in [0.4, 0.5) is 0 Å². The van der Waals surface area contributed by atoms with Crippen LogP contribution >= 0.6 is 0 Å². The molecule has 0 aliphatic carbocycles.